The van der Waals surface area contributed by atoms with Gasteiger partial charge in [-0.3, -0.25) is 11.3 Å². The van der Waals surface area contributed by atoms with Gasteiger partial charge in [0.25, 0.3) is 0 Å². The van der Waals surface area contributed by atoms with E-state index in [2.05, 4.69) is 5.43 Å². The molecule has 3 nitrogen and oxygen atoms in total. The SMILES string of the molecule is CCOC1CC(CC(NN)c2ccc(C(F)(F)F)cc2)C1. The van der Waals surface area contributed by atoms with Crippen LogP contribution in [0.2, 0.25) is 0 Å². The van der Waals surface area contributed by atoms with E-state index in [1.807, 2.05) is 6.92 Å². The fourth-order valence-electron chi connectivity index (χ4n) is 2.78. The van der Waals surface area contributed by atoms with E-state index in [-0.39, 0.29) is 6.04 Å². The monoisotopic (exact) mass is 302 g/mol. The first-order valence-corrected chi connectivity index (χ1v) is 7.19. The number of nitrogens with one attached hydrogen (secondary N) is 1. The van der Waals surface area contributed by atoms with Gasteiger partial charge in [-0.15, -0.1) is 0 Å². The Kier molecular flexibility index (Phi) is 5.24. The summed E-state index contributed by atoms with van der Waals surface area (Å²) >= 11 is 0. The van der Waals surface area contributed by atoms with E-state index in [0.717, 1.165) is 43.6 Å². The largest absolute Gasteiger partial charge is 0.416 e. The summed E-state index contributed by atoms with van der Waals surface area (Å²) < 4.78 is 43.1. The Morgan fingerprint density at radius 3 is 2.38 bits per heavy atom. The molecule has 0 aliphatic heterocycles. The van der Waals surface area contributed by atoms with Crippen LogP contribution in [0.25, 0.3) is 0 Å². The van der Waals surface area contributed by atoms with Crippen molar-refractivity contribution in [3.63, 3.8) is 0 Å². The number of nitrogens with two attached hydrogens (primary N) is 1. The van der Waals surface area contributed by atoms with E-state index >= 15 is 0 Å². The van der Waals surface area contributed by atoms with Gasteiger partial charge in [0.2, 0.25) is 0 Å². The molecule has 0 radical (unpaired) electrons. The van der Waals surface area contributed by atoms with Crippen molar-refractivity contribution in [2.24, 2.45) is 11.8 Å². The molecule has 0 spiro atoms. The predicted molar refractivity (Wildman–Crippen MR) is 74.3 cm³/mol. The number of hydrogen-bond acceptors (Lipinski definition) is 3. The molecule has 2 rings (SSSR count). The lowest BCUT2D eigenvalue weighted by Crippen LogP contribution is -2.36. The average Bonchev–Trinajstić information content (AvgIpc) is 2.40. The van der Waals surface area contributed by atoms with Crippen LogP contribution < -0.4 is 11.3 Å². The number of benzene rings is 1. The second-order valence-electron chi connectivity index (χ2n) is 5.49. The molecule has 0 saturated heterocycles. The van der Waals surface area contributed by atoms with Crippen molar-refractivity contribution in [3.05, 3.63) is 35.4 Å². The summed E-state index contributed by atoms with van der Waals surface area (Å²) in [5.41, 5.74) is 2.85. The molecule has 6 heteroatoms. The molecule has 0 heterocycles. The quantitative estimate of drug-likeness (QED) is 0.625. The normalized spacial score (nSPS) is 23.7. The van der Waals surface area contributed by atoms with Crippen molar-refractivity contribution in [2.75, 3.05) is 6.61 Å². The molecule has 0 bridgehead atoms. The highest BCUT2D eigenvalue weighted by molar-refractivity contribution is 5.26. The van der Waals surface area contributed by atoms with Gasteiger partial charge in [-0.2, -0.15) is 13.2 Å². The van der Waals surface area contributed by atoms with Crippen LogP contribution >= 0.6 is 0 Å². The predicted octanol–water partition coefficient (Wildman–Crippen LogP) is 3.42. The van der Waals surface area contributed by atoms with Gasteiger partial charge in [-0.05, 0) is 49.8 Å². The molecule has 1 aromatic rings. The zero-order valence-electron chi connectivity index (χ0n) is 12.0. The van der Waals surface area contributed by atoms with Crippen LogP contribution in [0.3, 0.4) is 0 Å². The lowest BCUT2D eigenvalue weighted by Gasteiger charge is -2.37. The van der Waals surface area contributed by atoms with Gasteiger partial charge in [0.15, 0.2) is 0 Å². The molecule has 1 unspecified atom stereocenters. The van der Waals surface area contributed by atoms with Gasteiger partial charge in [-0.1, -0.05) is 12.1 Å². The summed E-state index contributed by atoms with van der Waals surface area (Å²) in [5.74, 6) is 6.05. The van der Waals surface area contributed by atoms with Gasteiger partial charge in [0.1, 0.15) is 0 Å². The third kappa shape index (κ3) is 4.18. The van der Waals surface area contributed by atoms with Crippen LogP contribution in [-0.2, 0) is 10.9 Å². The Morgan fingerprint density at radius 1 is 1.29 bits per heavy atom. The molecule has 1 fully saturated rings. The smallest absolute Gasteiger partial charge is 0.378 e. The molecule has 1 atom stereocenters. The van der Waals surface area contributed by atoms with Crippen molar-refractivity contribution in [3.8, 4) is 0 Å². The van der Waals surface area contributed by atoms with E-state index in [0.29, 0.717) is 12.0 Å². The maximum Gasteiger partial charge on any atom is 0.416 e. The highest BCUT2D eigenvalue weighted by Gasteiger charge is 2.32. The van der Waals surface area contributed by atoms with Crippen molar-refractivity contribution >= 4 is 0 Å². The minimum absolute atomic E-state index is 0.125. The van der Waals surface area contributed by atoms with Crippen LogP contribution in [0, 0.1) is 5.92 Å². The zero-order valence-corrected chi connectivity index (χ0v) is 12.0. The lowest BCUT2D eigenvalue weighted by atomic mass is 9.77. The molecule has 1 aromatic carbocycles. The van der Waals surface area contributed by atoms with Crippen LogP contribution in [0.1, 0.15) is 43.4 Å². The molecule has 1 saturated carbocycles. The van der Waals surface area contributed by atoms with Gasteiger partial charge in [0, 0.05) is 12.6 Å². The second kappa shape index (κ2) is 6.77. The van der Waals surface area contributed by atoms with E-state index in [9.17, 15) is 13.2 Å². The minimum atomic E-state index is -4.30. The number of hydrogen-bond donors (Lipinski definition) is 2. The molecular formula is C15H21F3N2O. The fraction of sp³-hybridized carbons (Fsp3) is 0.600. The number of alkyl halides is 3. The number of halogens is 3. The molecule has 3 N–H and O–H groups in total. The summed E-state index contributed by atoms with van der Waals surface area (Å²) in [6.45, 7) is 2.69. The lowest BCUT2D eigenvalue weighted by molar-refractivity contribution is -0.137. The van der Waals surface area contributed by atoms with Crippen molar-refractivity contribution in [1.29, 1.82) is 0 Å². The Balaban J connectivity index is 1.92. The zero-order chi connectivity index (χ0) is 15.5. The van der Waals surface area contributed by atoms with E-state index in [1.165, 1.54) is 12.1 Å². The first-order valence-electron chi connectivity index (χ1n) is 7.19. The number of hydrazine groups is 1. The maximum atomic E-state index is 12.5. The third-order valence-electron chi connectivity index (χ3n) is 4.01. The van der Waals surface area contributed by atoms with Crippen molar-refractivity contribution in [1.82, 2.24) is 5.43 Å². The topological polar surface area (TPSA) is 47.3 Å². The highest BCUT2D eigenvalue weighted by Crippen LogP contribution is 2.37. The Labute approximate surface area is 122 Å². The first-order chi connectivity index (χ1) is 9.94. The van der Waals surface area contributed by atoms with Crippen LogP contribution in [0.15, 0.2) is 24.3 Å². The second-order valence-corrected chi connectivity index (χ2v) is 5.49. The Hall–Kier alpha value is -1.11. The first kappa shape index (κ1) is 16.3. The van der Waals surface area contributed by atoms with E-state index in [4.69, 9.17) is 10.6 Å². The summed E-state index contributed by atoms with van der Waals surface area (Å²) in [6, 6.07) is 5.06. The Morgan fingerprint density at radius 2 is 1.90 bits per heavy atom. The summed E-state index contributed by atoms with van der Waals surface area (Å²) in [7, 11) is 0. The van der Waals surface area contributed by atoms with E-state index in [1.54, 1.807) is 0 Å². The minimum Gasteiger partial charge on any atom is -0.378 e. The summed E-state index contributed by atoms with van der Waals surface area (Å²) in [5, 5.41) is 0. The molecule has 21 heavy (non-hydrogen) atoms. The van der Waals surface area contributed by atoms with Crippen LogP contribution in [0.5, 0.6) is 0 Å². The maximum absolute atomic E-state index is 12.5. The van der Waals surface area contributed by atoms with Crippen molar-refractivity contribution < 1.29 is 17.9 Å². The average molecular weight is 302 g/mol. The van der Waals surface area contributed by atoms with Gasteiger partial charge in [-0.25, -0.2) is 0 Å². The fourth-order valence-corrected chi connectivity index (χ4v) is 2.78. The number of ether oxygens (including phenoxy) is 1. The molecule has 1 aliphatic carbocycles. The summed E-state index contributed by atoms with van der Waals surface area (Å²) in [6.07, 6.45) is -1.18. The number of rotatable bonds is 6. The van der Waals surface area contributed by atoms with E-state index < -0.39 is 11.7 Å². The molecule has 0 amide bonds. The van der Waals surface area contributed by atoms with Gasteiger partial charge >= 0.3 is 6.18 Å². The molecular weight excluding hydrogens is 281 g/mol. The molecule has 0 aromatic heterocycles. The third-order valence-corrected chi connectivity index (χ3v) is 4.01. The standard InChI is InChI=1S/C15H21F3N2O/c1-2-21-13-7-10(8-13)9-14(20-19)11-3-5-12(6-4-11)15(16,17)18/h3-6,10,13-14,20H,2,7-9,19H2,1H3. The summed E-state index contributed by atoms with van der Waals surface area (Å²) in [4.78, 5) is 0. The van der Waals surface area contributed by atoms with Gasteiger partial charge in [0.05, 0.1) is 11.7 Å². The molecule has 118 valence electrons. The van der Waals surface area contributed by atoms with Crippen LogP contribution in [-0.4, -0.2) is 12.7 Å². The molecule has 1 aliphatic rings. The van der Waals surface area contributed by atoms with Crippen molar-refractivity contribution in [2.45, 2.75) is 44.5 Å². The highest BCUT2D eigenvalue weighted by atomic mass is 19.4. The van der Waals surface area contributed by atoms with Gasteiger partial charge < -0.3 is 4.74 Å². The Bertz CT molecular complexity index is 441. The van der Waals surface area contributed by atoms with Crippen LogP contribution in [0.4, 0.5) is 13.2 Å².